The maximum Gasteiger partial charge on any atom is 0.431 e. The van der Waals surface area contributed by atoms with Gasteiger partial charge in [0.2, 0.25) is 6.79 Å². The normalized spacial score (nSPS) is 11.4. The minimum absolute atomic E-state index is 0.0197. The average Bonchev–Trinajstić information content (AvgIpc) is 2.56. The Morgan fingerprint density at radius 1 is 1.29 bits per heavy atom. The highest BCUT2D eigenvalue weighted by Gasteiger charge is 2.35. The maximum atomic E-state index is 14.4. The Labute approximate surface area is 163 Å². The maximum absolute atomic E-state index is 14.4. The summed E-state index contributed by atoms with van der Waals surface area (Å²) in [7, 11) is 0.826. The van der Waals surface area contributed by atoms with Crippen LogP contribution in [-0.4, -0.2) is 15.9 Å². The summed E-state index contributed by atoms with van der Waals surface area (Å²) in [6.07, 6.45) is -4.92. The van der Waals surface area contributed by atoms with Gasteiger partial charge in [0, 0.05) is 24.9 Å². The standard InChI is InChI=1S/C16H14BrF4N3O4/c1-8(2)22-28-7-27-12-5-11(10(18)4-9(12)17)24-14(25)6-13(16(19,20)21)23(3)15(24)26/h4-6,22H,1,7H2,2-3H3. The zero-order valence-corrected chi connectivity index (χ0v) is 16.1. The minimum Gasteiger partial charge on any atom is -0.464 e. The monoisotopic (exact) mass is 467 g/mol. The molecule has 1 heterocycles. The highest BCUT2D eigenvalue weighted by atomic mass is 79.9. The van der Waals surface area contributed by atoms with E-state index in [9.17, 15) is 27.2 Å². The number of nitrogens with one attached hydrogen (secondary N) is 1. The molecule has 1 aromatic carbocycles. The van der Waals surface area contributed by atoms with Gasteiger partial charge in [0.15, 0.2) is 0 Å². The van der Waals surface area contributed by atoms with Crippen molar-refractivity contribution in [2.24, 2.45) is 7.05 Å². The number of halogens is 5. The first kappa shape index (κ1) is 21.7. The molecule has 1 aromatic heterocycles. The number of ether oxygens (including phenoxy) is 1. The molecule has 0 fully saturated rings. The van der Waals surface area contributed by atoms with Crippen molar-refractivity contribution in [2.75, 3.05) is 6.79 Å². The van der Waals surface area contributed by atoms with Crippen LogP contribution in [0.2, 0.25) is 0 Å². The SMILES string of the molecule is C=C(C)NOCOc1cc(-n2c(=O)cc(C(F)(F)F)n(C)c2=O)c(F)cc1Br. The van der Waals surface area contributed by atoms with E-state index < -0.39 is 34.6 Å². The van der Waals surface area contributed by atoms with E-state index in [0.29, 0.717) is 5.70 Å². The summed E-state index contributed by atoms with van der Waals surface area (Å²) < 4.78 is 59.0. The molecule has 2 rings (SSSR count). The molecule has 0 aliphatic rings. The summed E-state index contributed by atoms with van der Waals surface area (Å²) in [6.45, 7) is 4.80. The van der Waals surface area contributed by atoms with Crippen molar-refractivity contribution in [3.63, 3.8) is 0 Å². The van der Waals surface area contributed by atoms with E-state index in [0.717, 1.165) is 19.2 Å². The number of hydroxylamine groups is 1. The van der Waals surface area contributed by atoms with Crippen molar-refractivity contribution in [1.82, 2.24) is 14.6 Å². The second kappa shape index (κ2) is 8.19. The molecule has 0 bridgehead atoms. The van der Waals surface area contributed by atoms with Crippen LogP contribution >= 0.6 is 15.9 Å². The Morgan fingerprint density at radius 3 is 2.50 bits per heavy atom. The van der Waals surface area contributed by atoms with Crippen LogP contribution in [0.1, 0.15) is 12.6 Å². The fraction of sp³-hybridized carbons (Fsp3) is 0.250. The number of nitrogens with zero attached hydrogens (tertiary/aromatic N) is 2. The molecule has 0 saturated heterocycles. The zero-order chi connectivity index (χ0) is 21.2. The number of allylic oxidation sites excluding steroid dienone is 1. The van der Waals surface area contributed by atoms with E-state index in [4.69, 9.17) is 9.57 Å². The highest BCUT2D eigenvalue weighted by molar-refractivity contribution is 9.10. The molecule has 28 heavy (non-hydrogen) atoms. The lowest BCUT2D eigenvalue weighted by atomic mass is 10.2. The van der Waals surface area contributed by atoms with Crippen molar-refractivity contribution in [1.29, 1.82) is 0 Å². The Hall–Kier alpha value is -2.60. The van der Waals surface area contributed by atoms with E-state index >= 15 is 0 Å². The molecule has 2 aromatic rings. The van der Waals surface area contributed by atoms with Crippen LogP contribution in [0.3, 0.4) is 0 Å². The third kappa shape index (κ3) is 4.62. The lowest BCUT2D eigenvalue weighted by Crippen LogP contribution is -2.41. The largest absolute Gasteiger partial charge is 0.464 e. The highest BCUT2D eigenvalue weighted by Crippen LogP contribution is 2.30. The number of rotatable bonds is 6. The average molecular weight is 468 g/mol. The Morgan fingerprint density at radius 2 is 1.93 bits per heavy atom. The number of benzene rings is 1. The van der Waals surface area contributed by atoms with Crippen LogP contribution < -0.4 is 21.5 Å². The summed E-state index contributed by atoms with van der Waals surface area (Å²) in [5.74, 6) is -1.05. The zero-order valence-electron chi connectivity index (χ0n) is 14.6. The van der Waals surface area contributed by atoms with Crippen LogP contribution in [0.25, 0.3) is 5.69 Å². The van der Waals surface area contributed by atoms with Crippen molar-refractivity contribution in [3.05, 3.63) is 67.3 Å². The molecular formula is C16H14BrF4N3O4. The van der Waals surface area contributed by atoms with Gasteiger partial charge >= 0.3 is 11.9 Å². The molecule has 12 heteroatoms. The first-order chi connectivity index (χ1) is 12.9. The summed E-state index contributed by atoms with van der Waals surface area (Å²) >= 11 is 3.05. The fourth-order valence-electron chi connectivity index (χ4n) is 2.17. The van der Waals surface area contributed by atoms with E-state index in [1.807, 2.05) is 0 Å². The lowest BCUT2D eigenvalue weighted by molar-refractivity contribution is -0.144. The Bertz CT molecular complexity index is 1030. The van der Waals surface area contributed by atoms with E-state index in [1.165, 1.54) is 0 Å². The molecular weight excluding hydrogens is 454 g/mol. The van der Waals surface area contributed by atoms with Gasteiger partial charge in [0.25, 0.3) is 5.56 Å². The first-order valence-corrected chi connectivity index (χ1v) is 8.28. The molecule has 0 radical (unpaired) electrons. The summed E-state index contributed by atoms with van der Waals surface area (Å²) in [5, 5.41) is 0. The third-order valence-electron chi connectivity index (χ3n) is 3.37. The van der Waals surface area contributed by atoms with Crippen LogP contribution in [0.15, 0.2) is 44.5 Å². The smallest absolute Gasteiger partial charge is 0.431 e. The molecule has 1 N–H and O–H groups in total. The molecule has 0 atom stereocenters. The number of alkyl halides is 3. The van der Waals surface area contributed by atoms with Crippen molar-refractivity contribution in [2.45, 2.75) is 13.1 Å². The lowest BCUT2D eigenvalue weighted by Gasteiger charge is -2.15. The minimum atomic E-state index is -4.92. The van der Waals surface area contributed by atoms with Crippen molar-refractivity contribution >= 4 is 15.9 Å². The molecule has 0 aliphatic heterocycles. The first-order valence-electron chi connectivity index (χ1n) is 7.49. The molecule has 0 saturated carbocycles. The molecule has 0 spiro atoms. The molecule has 152 valence electrons. The molecule has 0 unspecified atom stereocenters. The van der Waals surface area contributed by atoms with Gasteiger partial charge in [0.1, 0.15) is 17.3 Å². The third-order valence-corrected chi connectivity index (χ3v) is 3.99. The summed E-state index contributed by atoms with van der Waals surface area (Å²) in [4.78, 5) is 29.3. The molecule has 0 amide bonds. The van der Waals surface area contributed by atoms with Gasteiger partial charge in [-0.15, -0.1) is 0 Å². The molecule has 0 aliphatic carbocycles. The van der Waals surface area contributed by atoms with Crippen LogP contribution in [0.4, 0.5) is 17.6 Å². The predicted molar refractivity (Wildman–Crippen MR) is 94.5 cm³/mol. The van der Waals surface area contributed by atoms with E-state index in [1.54, 1.807) is 6.92 Å². The van der Waals surface area contributed by atoms with Gasteiger partial charge < -0.3 is 4.74 Å². The quantitative estimate of drug-likeness (QED) is 0.306. The van der Waals surface area contributed by atoms with E-state index in [-0.39, 0.29) is 32.2 Å². The second-order valence-electron chi connectivity index (χ2n) is 5.57. The Balaban J connectivity index is 2.52. The van der Waals surface area contributed by atoms with Crippen LogP contribution in [0.5, 0.6) is 5.75 Å². The van der Waals surface area contributed by atoms with Crippen LogP contribution in [-0.2, 0) is 18.1 Å². The number of aromatic nitrogens is 2. The van der Waals surface area contributed by atoms with Crippen LogP contribution in [0, 0.1) is 5.82 Å². The van der Waals surface area contributed by atoms with Gasteiger partial charge in [-0.1, -0.05) is 6.58 Å². The van der Waals surface area contributed by atoms with Crippen molar-refractivity contribution < 1.29 is 27.1 Å². The molecule has 7 nitrogen and oxygen atoms in total. The fourth-order valence-corrected chi connectivity index (χ4v) is 2.60. The number of hydrogen-bond donors (Lipinski definition) is 1. The topological polar surface area (TPSA) is 74.5 Å². The second-order valence-corrected chi connectivity index (χ2v) is 6.42. The predicted octanol–water partition coefficient (Wildman–Crippen LogP) is 2.85. The summed E-state index contributed by atoms with van der Waals surface area (Å²) in [6, 6.07) is 2.10. The van der Waals surface area contributed by atoms with Gasteiger partial charge in [0.05, 0.1) is 10.2 Å². The van der Waals surface area contributed by atoms with Gasteiger partial charge in [-0.05, 0) is 28.9 Å². The van der Waals surface area contributed by atoms with Gasteiger partial charge in [-0.2, -0.15) is 13.2 Å². The summed E-state index contributed by atoms with van der Waals surface area (Å²) in [5.41, 5.74) is -1.84. The van der Waals surface area contributed by atoms with Gasteiger partial charge in [-0.3, -0.25) is 14.8 Å². The number of hydrogen-bond acceptors (Lipinski definition) is 5. The van der Waals surface area contributed by atoms with E-state index in [2.05, 4.69) is 28.0 Å². The van der Waals surface area contributed by atoms with Gasteiger partial charge in [-0.25, -0.2) is 18.6 Å². The van der Waals surface area contributed by atoms with Crippen molar-refractivity contribution in [3.8, 4) is 11.4 Å². The Kier molecular flexibility index (Phi) is 6.34.